The summed E-state index contributed by atoms with van der Waals surface area (Å²) >= 11 is 0. The van der Waals surface area contributed by atoms with Gasteiger partial charge in [-0.15, -0.1) is 0 Å². The molecule has 0 heterocycles. The number of carbonyl (C=O) groups is 3. The van der Waals surface area contributed by atoms with Gasteiger partial charge in [-0.3, -0.25) is 9.59 Å². The first-order valence-electron chi connectivity index (χ1n) is 2.29. The maximum Gasteiger partial charge on any atom is 0.372 e. The third-order valence-electron chi connectivity index (χ3n) is 0.648. The van der Waals surface area contributed by atoms with Crippen molar-refractivity contribution in [2.75, 3.05) is 0 Å². The Bertz CT molecular complexity index is 163. The van der Waals surface area contributed by atoms with Gasteiger partial charge in [0.2, 0.25) is 5.78 Å². The number of carboxylic acid groups (broad SMARTS) is 1. The SMILES string of the molecule is CC(=O)CC(=O)C(=O)O.[Cu]. The normalized spacial score (nSPS) is 7.70. The van der Waals surface area contributed by atoms with Crippen molar-refractivity contribution in [2.24, 2.45) is 0 Å². The largest absolute Gasteiger partial charge is 0.475 e. The quantitative estimate of drug-likeness (QED) is 0.377. The van der Waals surface area contributed by atoms with Gasteiger partial charge in [0, 0.05) is 17.1 Å². The molecule has 4 nitrogen and oxygen atoms in total. The van der Waals surface area contributed by atoms with Crippen LogP contribution in [0.4, 0.5) is 0 Å². The molecule has 10 heavy (non-hydrogen) atoms. The van der Waals surface area contributed by atoms with E-state index in [1.807, 2.05) is 0 Å². The van der Waals surface area contributed by atoms with Crippen molar-refractivity contribution in [3.63, 3.8) is 0 Å². The van der Waals surface area contributed by atoms with Gasteiger partial charge >= 0.3 is 5.97 Å². The van der Waals surface area contributed by atoms with Gasteiger partial charge in [0.25, 0.3) is 0 Å². The molecule has 0 spiro atoms. The summed E-state index contributed by atoms with van der Waals surface area (Å²) in [6.07, 6.45) is -0.505. The van der Waals surface area contributed by atoms with Gasteiger partial charge in [0.1, 0.15) is 5.78 Å². The molecule has 61 valence electrons. The minimum atomic E-state index is -1.55. The van der Waals surface area contributed by atoms with Crippen LogP contribution in [0.3, 0.4) is 0 Å². The van der Waals surface area contributed by atoms with Gasteiger partial charge in [-0.2, -0.15) is 0 Å². The third kappa shape index (κ3) is 5.47. The van der Waals surface area contributed by atoms with Gasteiger partial charge in [0.05, 0.1) is 6.42 Å². The Hall–Kier alpha value is -0.671. The van der Waals surface area contributed by atoms with Crippen molar-refractivity contribution >= 4 is 17.5 Å². The molecule has 0 amide bonds. The Morgan fingerprint density at radius 1 is 1.30 bits per heavy atom. The van der Waals surface area contributed by atoms with Crippen LogP contribution in [0, 0.1) is 0 Å². The molecule has 0 fully saturated rings. The van der Waals surface area contributed by atoms with E-state index < -0.39 is 24.0 Å². The average molecular weight is 194 g/mol. The zero-order valence-electron chi connectivity index (χ0n) is 5.18. The van der Waals surface area contributed by atoms with E-state index in [-0.39, 0.29) is 17.1 Å². The number of aliphatic carboxylic acids is 1. The average Bonchev–Trinajstić information content (AvgIpc) is 1.63. The second-order valence-electron chi connectivity index (χ2n) is 1.61. The van der Waals surface area contributed by atoms with Crippen molar-refractivity contribution in [2.45, 2.75) is 13.3 Å². The third-order valence-corrected chi connectivity index (χ3v) is 0.648. The van der Waals surface area contributed by atoms with Crippen molar-refractivity contribution in [1.29, 1.82) is 0 Å². The first-order chi connectivity index (χ1) is 4.04. The maximum absolute atomic E-state index is 10.1. The van der Waals surface area contributed by atoms with Crippen LogP contribution in [-0.2, 0) is 31.5 Å². The molecule has 0 aliphatic heterocycles. The maximum atomic E-state index is 10.1. The monoisotopic (exact) mass is 193 g/mol. The first-order valence-corrected chi connectivity index (χ1v) is 2.29. The zero-order valence-corrected chi connectivity index (χ0v) is 6.12. The van der Waals surface area contributed by atoms with Crippen molar-refractivity contribution in [3.8, 4) is 0 Å². The summed E-state index contributed by atoms with van der Waals surface area (Å²) < 4.78 is 0. The molecule has 0 aromatic carbocycles. The fourth-order valence-corrected chi connectivity index (χ4v) is 0.302. The van der Waals surface area contributed by atoms with Crippen LogP contribution in [0.15, 0.2) is 0 Å². The topological polar surface area (TPSA) is 71.4 Å². The number of hydrogen-bond donors (Lipinski definition) is 1. The Labute approximate surface area is 68.1 Å². The van der Waals surface area contributed by atoms with Crippen LogP contribution < -0.4 is 0 Å². The fourth-order valence-electron chi connectivity index (χ4n) is 0.302. The molecule has 5 heteroatoms. The number of carboxylic acids is 1. The van der Waals surface area contributed by atoms with Gasteiger partial charge < -0.3 is 5.11 Å². The van der Waals surface area contributed by atoms with Gasteiger partial charge in [-0.25, -0.2) is 4.79 Å². The number of ketones is 2. The van der Waals surface area contributed by atoms with E-state index in [1.54, 1.807) is 0 Å². The molecule has 1 N–H and O–H groups in total. The summed E-state index contributed by atoms with van der Waals surface area (Å²) in [4.78, 5) is 29.9. The van der Waals surface area contributed by atoms with Gasteiger partial charge in [0.15, 0.2) is 0 Å². The van der Waals surface area contributed by atoms with E-state index in [1.165, 1.54) is 6.92 Å². The van der Waals surface area contributed by atoms with Gasteiger partial charge in [-0.1, -0.05) is 0 Å². The molecule has 0 aliphatic carbocycles. The molecular weight excluding hydrogens is 188 g/mol. The number of carbonyl (C=O) groups excluding carboxylic acids is 2. The minimum Gasteiger partial charge on any atom is -0.475 e. The summed E-state index contributed by atoms with van der Waals surface area (Å²) in [5.74, 6) is -3.03. The number of hydrogen-bond acceptors (Lipinski definition) is 3. The smallest absolute Gasteiger partial charge is 0.372 e. The molecule has 0 aliphatic rings. The van der Waals surface area contributed by atoms with Crippen LogP contribution in [0.1, 0.15) is 13.3 Å². The summed E-state index contributed by atoms with van der Waals surface area (Å²) in [6, 6.07) is 0. The molecule has 0 aromatic heterocycles. The van der Waals surface area contributed by atoms with E-state index in [0.29, 0.717) is 0 Å². The van der Waals surface area contributed by atoms with E-state index >= 15 is 0 Å². The molecule has 0 saturated carbocycles. The summed E-state index contributed by atoms with van der Waals surface area (Å²) in [5.41, 5.74) is 0. The number of rotatable bonds is 3. The number of Topliss-reactive ketones (excluding diaryl/α,β-unsaturated/α-hetero) is 2. The molecule has 0 bridgehead atoms. The second-order valence-corrected chi connectivity index (χ2v) is 1.61. The van der Waals surface area contributed by atoms with Crippen LogP contribution in [0.2, 0.25) is 0 Å². The zero-order chi connectivity index (χ0) is 7.44. The van der Waals surface area contributed by atoms with E-state index in [0.717, 1.165) is 0 Å². The molecule has 0 atom stereocenters. The Balaban J connectivity index is 0. The van der Waals surface area contributed by atoms with Crippen molar-refractivity contribution in [1.82, 2.24) is 0 Å². The molecule has 0 saturated heterocycles. The Morgan fingerprint density at radius 3 is 1.80 bits per heavy atom. The molecule has 0 rings (SSSR count). The van der Waals surface area contributed by atoms with E-state index in [9.17, 15) is 14.4 Å². The fraction of sp³-hybridized carbons (Fsp3) is 0.400. The van der Waals surface area contributed by atoms with Crippen LogP contribution in [0.5, 0.6) is 0 Å². The first kappa shape index (κ1) is 12.0. The van der Waals surface area contributed by atoms with E-state index in [2.05, 4.69) is 0 Å². The molecule has 0 unspecified atom stereocenters. The Kier molecular flexibility index (Phi) is 6.19. The van der Waals surface area contributed by atoms with Crippen molar-refractivity contribution < 1.29 is 36.6 Å². The second kappa shape index (κ2) is 5.14. The predicted molar refractivity (Wildman–Crippen MR) is 27.9 cm³/mol. The van der Waals surface area contributed by atoms with Gasteiger partial charge in [-0.05, 0) is 6.92 Å². The molecular formula is C5H6CuO4. The molecule has 0 aromatic rings. The van der Waals surface area contributed by atoms with Crippen LogP contribution in [-0.4, -0.2) is 22.6 Å². The van der Waals surface area contributed by atoms with Crippen molar-refractivity contribution in [3.05, 3.63) is 0 Å². The van der Waals surface area contributed by atoms with Crippen LogP contribution in [0.25, 0.3) is 0 Å². The van der Waals surface area contributed by atoms with E-state index in [4.69, 9.17) is 5.11 Å². The predicted octanol–water partition coefficient (Wildman–Crippen LogP) is -0.383. The Morgan fingerprint density at radius 2 is 1.70 bits per heavy atom. The summed E-state index contributed by atoms with van der Waals surface area (Å²) in [5, 5.41) is 7.93. The molecule has 1 radical (unpaired) electrons. The summed E-state index contributed by atoms with van der Waals surface area (Å²) in [6.45, 7) is 1.17. The summed E-state index contributed by atoms with van der Waals surface area (Å²) in [7, 11) is 0. The van der Waals surface area contributed by atoms with Crippen LogP contribution >= 0.6 is 0 Å². The minimum absolute atomic E-state index is 0. The standard InChI is InChI=1S/C5H6O4.Cu/c1-3(6)2-4(7)5(8)9;/h2H2,1H3,(H,8,9);.